The van der Waals surface area contributed by atoms with Gasteiger partial charge >= 0.3 is 0 Å². The van der Waals surface area contributed by atoms with Crippen molar-refractivity contribution in [2.24, 2.45) is 0 Å². The highest BCUT2D eigenvalue weighted by molar-refractivity contribution is 5.84. The summed E-state index contributed by atoms with van der Waals surface area (Å²) in [6.45, 7) is 1.02. The molecule has 2 heterocycles. The van der Waals surface area contributed by atoms with Crippen molar-refractivity contribution >= 4 is 22.8 Å². The van der Waals surface area contributed by atoms with Gasteiger partial charge in [-0.15, -0.1) is 0 Å². The van der Waals surface area contributed by atoms with E-state index >= 15 is 0 Å². The van der Waals surface area contributed by atoms with E-state index in [0.717, 1.165) is 5.52 Å². The maximum absolute atomic E-state index is 12.4. The van der Waals surface area contributed by atoms with Crippen LogP contribution in [0.4, 0.5) is 5.95 Å². The molecule has 0 saturated heterocycles. The zero-order valence-electron chi connectivity index (χ0n) is 16.0. The second kappa shape index (κ2) is 9.01. The first kappa shape index (κ1) is 18.7. The third-order valence-electron chi connectivity index (χ3n) is 4.90. The number of H-pyrrole nitrogens is 1. The van der Waals surface area contributed by atoms with E-state index in [1.807, 2.05) is 36.5 Å². The maximum atomic E-state index is 12.4. The van der Waals surface area contributed by atoms with Gasteiger partial charge in [0, 0.05) is 54.9 Å². The number of nitrogens with one attached hydrogen (secondary N) is 3. The number of carbonyl (C=O) groups is 1. The molecule has 3 N–H and O–H groups in total. The molecule has 2 aromatic carbocycles. The van der Waals surface area contributed by atoms with Gasteiger partial charge < -0.3 is 15.6 Å². The molecule has 6 nitrogen and oxygen atoms in total. The number of aromatic nitrogens is 3. The lowest BCUT2D eigenvalue weighted by molar-refractivity contribution is -0.120. The van der Waals surface area contributed by atoms with Crippen molar-refractivity contribution in [3.05, 3.63) is 90.4 Å². The number of aromatic amines is 1. The van der Waals surface area contributed by atoms with E-state index in [1.54, 1.807) is 18.5 Å². The average Bonchev–Trinajstić information content (AvgIpc) is 3.19. The fourth-order valence-electron chi connectivity index (χ4n) is 3.46. The smallest absolute Gasteiger partial charge is 0.222 e. The third-order valence-corrected chi connectivity index (χ3v) is 4.90. The molecule has 0 aliphatic heterocycles. The minimum atomic E-state index is -0.00537. The molecule has 0 bridgehead atoms. The summed E-state index contributed by atoms with van der Waals surface area (Å²) in [5.74, 6) is 0.595. The van der Waals surface area contributed by atoms with Crippen LogP contribution < -0.4 is 10.6 Å². The van der Waals surface area contributed by atoms with E-state index in [0.29, 0.717) is 25.5 Å². The molecular formula is C23H23N5O. The van der Waals surface area contributed by atoms with Crippen molar-refractivity contribution < 1.29 is 4.79 Å². The number of nitrogens with zero attached hydrogens (tertiary/aromatic N) is 2. The SMILES string of the molecule is O=C(CCNc1ncccn1)NCC(c1ccccc1)c1c[nH]c2ccccc12. The van der Waals surface area contributed by atoms with Gasteiger partial charge in [-0.3, -0.25) is 4.79 Å². The molecule has 0 aliphatic carbocycles. The zero-order valence-corrected chi connectivity index (χ0v) is 16.0. The molecule has 0 radical (unpaired) electrons. The normalized spacial score (nSPS) is 11.9. The van der Waals surface area contributed by atoms with Crippen LogP contribution in [0.15, 0.2) is 79.3 Å². The minimum absolute atomic E-state index is 0.00537. The van der Waals surface area contributed by atoms with Crippen LogP contribution >= 0.6 is 0 Å². The van der Waals surface area contributed by atoms with E-state index in [2.05, 4.69) is 49.9 Å². The standard InChI is InChI=1S/C23H23N5O/c29-22(11-14-26-23-24-12-6-13-25-23)28-15-19(17-7-2-1-3-8-17)20-16-27-21-10-5-4-9-18(20)21/h1-10,12-13,16,19,27H,11,14-15H2,(H,28,29)(H,24,25,26). The van der Waals surface area contributed by atoms with Crippen LogP contribution in [0.25, 0.3) is 10.9 Å². The molecule has 0 spiro atoms. The van der Waals surface area contributed by atoms with Crippen molar-refractivity contribution in [3.63, 3.8) is 0 Å². The number of anilines is 1. The lowest BCUT2D eigenvalue weighted by Gasteiger charge is -2.18. The number of rotatable bonds is 8. The first-order valence-electron chi connectivity index (χ1n) is 9.70. The lowest BCUT2D eigenvalue weighted by Crippen LogP contribution is -2.30. The van der Waals surface area contributed by atoms with Gasteiger partial charge in [-0.1, -0.05) is 48.5 Å². The lowest BCUT2D eigenvalue weighted by atomic mass is 9.91. The van der Waals surface area contributed by atoms with Crippen molar-refractivity contribution in [2.75, 3.05) is 18.4 Å². The van der Waals surface area contributed by atoms with Gasteiger partial charge in [0.1, 0.15) is 0 Å². The fourth-order valence-corrected chi connectivity index (χ4v) is 3.46. The summed E-state index contributed by atoms with van der Waals surface area (Å²) < 4.78 is 0. The summed E-state index contributed by atoms with van der Waals surface area (Å²) in [5.41, 5.74) is 3.46. The number of carbonyl (C=O) groups excluding carboxylic acids is 1. The van der Waals surface area contributed by atoms with Crippen molar-refractivity contribution in [1.82, 2.24) is 20.3 Å². The molecule has 1 amide bonds. The summed E-state index contributed by atoms with van der Waals surface area (Å²) in [6.07, 6.45) is 5.73. The summed E-state index contributed by atoms with van der Waals surface area (Å²) in [4.78, 5) is 23.9. The van der Waals surface area contributed by atoms with E-state index < -0.39 is 0 Å². The Kier molecular flexibility index (Phi) is 5.81. The Morgan fingerprint density at radius 2 is 1.72 bits per heavy atom. The van der Waals surface area contributed by atoms with Crippen LogP contribution in [0.5, 0.6) is 0 Å². The summed E-state index contributed by atoms with van der Waals surface area (Å²) in [6, 6.07) is 20.3. The Balaban J connectivity index is 1.43. The van der Waals surface area contributed by atoms with Gasteiger partial charge in [0.05, 0.1) is 0 Å². The number of fused-ring (bicyclic) bond motifs is 1. The van der Waals surface area contributed by atoms with Crippen LogP contribution in [0, 0.1) is 0 Å². The first-order valence-corrected chi connectivity index (χ1v) is 9.70. The second-order valence-electron chi connectivity index (χ2n) is 6.81. The van der Waals surface area contributed by atoms with Crippen molar-refractivity contribution in [1.29, 1.82) is 0 Å². The molecule has 0 aliphatic rings. The minimum Gasteiger partial charge on any atom is -0.361 e. The highest BCUT2D eigenvalue weighted by atomic mass is 16.1. The van der Waals surface area contributed by atoms with E-state index in [1.165, 1.54) is 16.5 Å². The van der Waals surface area contributed by atoms with E-state index in [9.17, 15) is 4.79 Å². The molecular weight excluding hydrogens is 362 g/mol. The Morgan fingerprint density at radius 1 is 0.966 bits per heavy atom. The molecule has 2 aromatic heterocycles. The number of amides is 1. The van der Waals surface area contributed by atoms with Gasteiger partial charge in [-0.2, -0.15) is 0 Å². The van der Waals surface area contributed by atoms with Crippen molar-refractivity contribution in [3.8, 4) is 0 Å². The predicted octanol–water partition coefficient (Wildman–Crippen LogP) is 3.71. The molecule has 0 fully saturated rings. The maximum Gasteiger partial charge on any atom is 0.222 e. The number of hydrogen-bond acceptors (Lipinski definition) is 4. The predicted molar refractivity (Wildman–Crippen MR) is 115 cm³/mol. The van der Waals surface area contributed by atoms with Crippen LogP contribution in [-0.2, 0) is 4.79 Å². The molecule has 1 atom stereocenters. The van der Waals surface area contributed by atoms with E-state index in [4.69, 9.17) is 0 Å². The van der Waals surface area contributed by atoms with Gasteiger partial charge in [-0.05, 0) is 23.3 Å². The number of benzene rings is 2. The van der Waals surface area contributed by atoms with Gasteiger partial charge in [0.2, 0.25) is 11.9 Å². The van der Waals surface area contributed by atoms with Crippen molar-refractivity contribution in [2.45, 2.75) is 12.3 Å². The molecule has 0 saturated carbocycles. The monoisotopic (exact) mass is 385 g/mol. The number of hydrogen-bond donors (Lipinski definition) is 3. The largest absolute Gasteiger partial charge is 0.361 e. The second-order valence-corrected chi connectivity index (χ2v) is 6.81. The first-order chi connectivity index (χ1) is 14.3. The van der Waals surface area contributed by atoms with Crippen LogP contribution in [-0.4, -0.2) is 33.9 Å². The van der Waals surface area contributed by atoms with Gasteiger partial charge in [-0.25, -0.2) is 9.97 Å². The zero-order chi connectivity index (χ0) is 19.9. The average molecular weight is 385 g/mol. The Bertz CT molecular complexity index is 1060. The van der Waals surface area contributed by atoms with Gasteiger partial charge in [0.25, 0.3) is 0 Å². The summed E-state index contributed by atoms with van der Waals surface area (Å²) in [7, 11) is 0. The summed E-state index contributed by atoms with van der Waals surface area (Å²) >= 11 is 0. The number of para-hydroxylation sites is 1. The Labute approximate surface area is 169 Å². The summed E-state index contributed by atoms with van der Waals surface area (Å²) in [5, 5.41) is 7.32. The van der Waals surface area contributed by atoms with Crippen LogP contribution in [0.2, 0.25) is 0 Å². The molecule has 6 heteroatoms. The highest BCUT2D eigenvalue weighted by Gasteiger charge is 2.18. The Hall–Kier alpha value is -3.67. The molecule has 29 heavy (non-hydrogen) atoms. The van der Waals surface area contributed by atoms with Gasteiger partial charge in [0.15, 0.2) is 0 Å². The molecule has 4 rings (SSSR count). The molecule has 146 valence electrons. The van der Waals surface area contributed by atoms with Crippen LogP contribution in [0.3, 0.4) is 0 Å². The Morgan fingerprint density at radius 3 is 2.55 bits per heavy atom. The molecule has 1 unspecified atom stereocenters. The highest BCUT2D eigenvalue weighted by Crippen LogP contribution is 2.30. The van der Waals surface area contributed by atoms with Crippen LogP contribution in [0.1, 0.15) is 23.5 Å². The quantitative estimate of drug-likeness (QED) is 0.432. The molecule has 4 aromatic rings. The topological polar surface area (TPSA) is 82.7 Å². The third kappa shape index (κ3) is 4.60. The fraction of sp³-hybridized carbons (Fsp3) is 0.174. The van der Waals surface area contributed by atoms with E-state index in [-0.39, 0.29) is 11.8 Å².